The fourth-order valence-electron chi connectivity index (χ4n) is 0.906. The van der Waals surface area contributed by atoms with Gasteiger partial charge in [0.25, 0.3) is 0 Å². The lowest BCUT2D eigenvalue weighted by Gasteiger charge is -2.11. The molecule has 0 aliphatic heterocycles. The van der Waals surface area contributed by atoms with Gasteiger partial charge in [-0.1, -0.05) is 0 Å². The minimum absolute atomic E-state index is 0.353. The van der Waals surface area contributed by atoms with Crippen LogP contribution in [0.15, 0.2) is 11.4 Å². The van der Waals surface area contributed by atoms with E-state index in [4.69, 9.17) is 16.1 Å². The number of nitriles is 1. The highest BCUT2D eigenvalue weighted by atomic mass is 32.1. The summed E-state index contributed by atoms with van der Waals surface area (Å²) in [5, 5.41) is 19.1. The van der Waals surface area contributed by atoms with Crippen molar-refractivity contribution in [3.8, 4) is 6.07 Å². The lowest BCUT2D eigenvalue weighted by Crippen LogP contribution is -2.18. The molecule has 0 saturated carbocycles. The quantitative estimate of drug-likeness (QED) is 0.772. The summed E-state index contributed by atoms with van der Waals surface area (Å²) in [7, 11) is 0. The van der Waals surface area contributed by atoms with E-state index in [2.05, 4.69) is 4.74 Å². The van der Waals surface area contributed by atoms with Crippen LogP contribution in [0.3, 0.4) is 0 Å². The Morgan fingerprint density at radius 2 is 2.57 bits per heavy atom. The average molecular weight is 212 g/mol. The second kappa shape index (κ2) is 4.60. The molecule has 6 heteroatoms. The molecule has 0 spiro atoms. The highest BCUT2D eigenvalue weighted by Crippen LogP contribution is 2.24. The zero-order valence-corrected chi connectivity index (χ0v) is 7.95. The molecule has 14 heavy (non-hydrogen) atoms. The van der Waals surface area contributed by atoms with E-state index >= 15 is 0 Å². The van der Waals surface area contributed by atoms with Crippen molar-refractivity contribution in [2.24, 2.45) is 5.73 Å². The van der Waals surface area contributed by atoms with Crippen molar-refractivity contribution in [3.63, 3.8) is 0 Å². The summed E-state index contributed by atoms with van der Waals surface area (Å²) in [4.78, 5) is 11.0. The van der Waals surface area contributed by atoms with E-state index in [0.717, 1.165) is 0 Å². The van der Waals surface area contributed by atoms with Crippen molar-refractivity contribution >= 4 is 17.4 Å². The molecule has 0 aromatic carbocycles. The Morgan fingerprint density at radius 1 is 1.86 bits per heavy atom. The first-order valence-corrected chi connectivity index (χ1v) is 4.60. The number of rotatable bonds is 3. The maximum absolute atomic E-state index is 10.4. The number of nitrogens with zero attached hydrogens (tertiary/aromatic N) is 1. The van der Waals surface area contributed by atoms with Gasteiger partial charge in [-0.25, -0.2) is 4.79 Å². The zero-order valence-electron chi connectivity index (χ0n) is 7.14. The third kappa shape index (κ3) is 2.45. The van der Waals surface area contributed by atoms with Crippen molar-refractivity contribution in [2.45, 2.75) is 6.10 Å². The van der Waals surface area contributed by atoms with Gasteiger partial charge < -0.3 is 15.6 Å². The predicted molar refractivity (Wildman–Crippen MR) is 49.5 cm³/mol. The molecule has 0 fully saturated rings. The second-order valence-electron chi connectivity index (χ2n) is 2.46. The van der Waals surface area contributed by atoms with Gasteiger partial charge in [0.2, 0.25) is 0 Å². The Bertz CT molecular complexity index is 369. The number of aliphatic hydroxyl groups is 1. The normalized spacial score (nSPS) is 11.7. The lowest BCUT2D eigenvalue weighted by atomic mass is 10.2. The van der Waals surface area contributed by atoms with Gasteiger partial charge in [0.15, 0.2) is 6.10 Å². The monoisotopic (exact) mass is 212 g/mol. The highest BCUT2D eigenvalue weighted by Gasteiger charge is 2.16. The zero-order chi connectivity index (χ0) is 10.6. The number of aliphatic hydroxyl groups excluding tert-OH is 1. The fourth-order valence-corrected chi connectivity index (χ4v) is 1.76. The average Bonchev–Trinajstić information content (AvgIpc) is 2.62. The van der Waals surface area contributed by atoms with Crippen molar-refractivity contribution in [1.82, 2.24) is 0 Å². The molecule has 1 aromatic rings. The van der Waals surface area contributed by atoms with Gasteiger partial charge in [-0.05, 0) is 6.07 Å². The first-order chi connectivity index (χ1) is 6.67. The first kappa shape index (κ1) is 10.5. The first-order valence-electron chi connectivity index (χ1n) is 3.73. The molecule has 1 unspecified atom stereocenters. The van der Waals surface area contributed by atoms with Crippen LogP contribution in [-0.4, -0.2) is 17.8 Å². The molecule has 0 aliphatic rings. The maximum atomic E-state index is 10.4. The molecule has 5 nitrogen and oxygen atoms in total. The fraction of sp³-hybridized carbons (Fsp3) is 0.250. The third-order valence-corrected chi connectivity index (χ3v) is 2.52. The SMILES string of the molecule is N#Cc1csc(C(CO)OC(N)=O)c1. The Balaban J connectivity index is 2.79. The minimum atomic E-state index is -0.948. The number of ether oxygens (including phenoxy) is 1. The van der Waals surface area contributed by atoms with E-state index in [9.17, 15) is 4.79 Å². The number of thiophene rings is 1. The number of hydrogen-bond acceptors (Lipinski definition) is 5. The van der Waals surface area contributed by atoms with Crippen LogP contribution in [0.1, 0.15) is 16.5 Å². The van der Waals surface area contributed by atoms with Gasteiger partial charge in [-0.3, -0.25) is 0 Å². The topological polar surface area (TPSA) is 96.3 Å². The number of amides is 1. The number of primary amides is 1. The molecule has 1 amide bonds. The second-order valence-corrected chi connectivity index (χ2v) is 3.40. The molecular formula is C8H8N2O3S. The molecule has 1 aromatic heterocycles. The number of nitrogens with two attached hydrogens (primary N) is 1. The summed E-state index contributed by atoms with van der Waals surface area (Å²) < 4.78 is 4.63. The Kier molecular flexibility index (Phi) is 3.45. The van der Waals surface area contributed by atoms with Gasteiger partial charge in [-0.15, -0.1) is 11.3 Å². The Hall–Kier alpha value is -1.58. The molecular weight excluding hydrogens is 204 g/mol. The van der Waals surface area contributed by atoms with Crippen molar-refractivity contribution in [2.75, 3.05) is 6.61 Å². The summed E-state index contributed by atoms with van der Waals surface area (Å²) >= 11 is 1.23. The third-order valence-electron chi connectivity index (χ3n) is 1.49. The van der Waals surface area contributed by atoms with E-state index in [1.54, 1.807) is 11.4 Å². The largest absolute Gasteiger partial charge is 0.438 e. The van der Waals surface area contributed by atoms with E-state index in [1.165, 1.54) is 11.3 Å². The van der Waals surface area contributed by atoms with Gasteiger partial charge >= 0.3 is 6.09 Å². The van der Waals surface area contributed by atoms with E-state index in [0.29, 0.717) is 10.4 Å². The van der Waals surface area contributed by atoms with Crippen molar-refractivity contribution in [1.29, 1.82) is 5.26 Å². The van der Waals surface area contributed by atoms with Crippen LogP contribution in [0.5, 0.6) is 0 Å². The standard InChI is InChI=1S/C8H8N2O3S/c9-2-5-1-7(14-4-5)6(3-11)13-8(10)12/h1,4,6,11H,3H2,(H2,10,12). The van der Waals surface area contributed by atoms with Crippen LogP contribution in [0, 0.1) is 11.3 Å². The molecule has 0 aliphatic carbocycles. The summed E-state index contributed by atoms with van der Waals surface area (Å²) in [5.41, 5.74) is 5.28. The van der Waals surface area contributed by atoms with Crippen LogP contribution in [0.2, 0.25) is 0 Å². The van der Waals surface area contributed by atoms with Gasteiger partial charge in [0.1, 0.15) is 6.07 Å². The van der Waals surface area contributed by atoms with Crippen LogP contribution in [0.25, 0.3) is 0 Å². The van der Waals surface area contributed by atoms with E-state index in [1.807, 2.05) is 6.07 Å². The smallest absolute Gasteiger partial charge is 0.405 e. The molecule has 1 rings (SSSR count). The van der Waals surface area contributed by atoms with Gasteiger partial charge in [0, 0.05) is 10.3 Å². The predicted octanol–water partition coefficient (Wildman–Crippen LogP) is 0.748. The molecule has 74 valence electrons. The molecule has 0 radical (unpaired) electrons. The van der Waals surface area contributed by atoms with Crippen molar-refractivity contribution in [3.05, 3.63) is 21.9 Å². The van der Waals surface area contributed by atoms with Gasteiger partial charge in [0.05, 0.1) is 12.2 Å². The number of carbonyl (C=O) groups is 1. The summed E-state index contributed by atoms with van der Waals surface area (Å²) in [5.74, 6) is 0. The summed E-state index contributed by atoms with van der Waals surface area (Å²) in [6.07, 6.45) is -1.73. The van der Waals surface area contributed by atoms with Crippen LogP contribution in [0.4, 0.5) is 4.79 Å². The maximum Gasteiger partial charge on any atom is 0.405 e. The Morgan fingerprint density at radius 3 is 3.00 bits per heavy atom. The molecule has 1 heterocycles. The molecule has 0 bridgehead atoms. The molecule has 1 atom stereocenters. The lowest BCUT2D eigenvalue weighted by molar-refractivity contribution is 0.0653. The van der Waals surface area contributed by atoms with E-state index in [-0.39, 0.29) is 6.61 Å². The minimum Gasteiger partial charge on any atom is -0.438 e. The molecule has 0 saturated heterocycles. The summed E-state index contributed by atoms with van der Waals surface area (Å²) in [6.45, 7) is -0.353. The Labute approximate surface area is 84.3 Å². The van der Waals surface area contributed by atoms with Crippen LogP contribution in [-0.2, 0) is 4.74 Å². The summed E-state index contributed by atoms with van der Waals surface area (Å²) in [6, 6.07) is 3.49. The van der Waals surface area contributed by atoms with E-state index < -0.39 is 12.2 Å². The number of hydrogen-bond donors (Lipinski definition) is 2. The van der Waals surface area contributed by atoms with Gasteiger partial charge in [-0.2, -0.15) is 5.26 Å². The van der Waals surface area contributed by atoms with Crippen LogP contribution < -0.4 is 5.73 Å². The molecule has 3 N–H and O–H groups in total. The highest BCUT2D eigenvalue weighted by molar-refractivity contribution is 7.10. The van der Waals surface area contributed by atoms with Crippen LogP contribution >= 0.6 is 11.3 Å². The number of carbonyl (C=O) groups excluding carboxylic acids is 1. The van der Waals surface area contributed by atoms with Crippen molar-refractivity contribution < 1.29 is 14.6 Å².